The van der Waals surface area contributed by atoms with Crippen LogP contribution in [0, 0.1) is 0 Å². The third-order valence-corrected chi connectivity index (χ3v) is 8.38. The molecule has 1 atom stereocenters. The topological polar surface area (TPSA) is 20.2 Å². The molecule has 126 valence electrons. The molecule has 0 amide bonds. The quantitative estimate of drug-likeness (QED) is 0.449. The molecule has 1 aromatic carbocycles. The molecule has 0 fully saturated rings. The maximum atomic E-state index is 9.50. The van der Waals surface area contributed by atoms with Crippen molar-refractivity contribution in [3.05, 3.63) is 35.4 Å². The van der Waals surface area contributed by atoms with Gasteiger partial charge in [0.05, 0.1) is 6.10 Å². The highest BCUT2D eigenvalue weighted by atomic mass is 35.6. The van der Waals surface area contributed by atoms with E-state index in [1.165, 1.54) is 12.1 Å². The highest BCUT2D eigenvalue weighted by Gasteiger charge is 2.68. The number of hydrogen-bond donors (Lipinski definition) is 1. The van der Waals surface area contributed by atoms with Gasteiger partial charge in [-0.2, -0.15) is 0 Å². The van der Waals surface area contributed by atoms with Crippen molar-refractivity contribution in [3.8, 4) is 0 Å². The standard InChI is InChI=1S/C12H9Cl9O/c1-6(22)7-2-4-8(5-3-7)9(13,14)10(15,16)11(17,18)12(19,20)21/h2-6,22H,1H3. The first-order chi connectivity index (χ1) is 9.66. The number of rotatable bonds is 4. The Kier molecular flexibility index (Phi) is 7.14. The van der Waals surface area contributed by atoms with Gasteiger partial charge >= 0.3 is 0 Å². The normalized spacial score (nSPS) is 15.8. The highest BCUT2D eigenvalue weighted by Crippen LogP contribution is 2.65. The van der Waals surface area contributed by atoms with E-state index in [-0.39, 0.29) is 5.56 Å². The average molecular weight is 488 g/mol. The summed E-state index contributed by atoms with van der Waals surface area (Å²) >= 11 is 54.1. The molecule has 1 N–H and O–H groups in total. The molecule has 1 aromatic rings. The van der Waals surface area contributed by atoms with Gasteiger partial charge in [0.25, 0.3) is 0 Å². The molecule has 0 aromatic heterocycles. The van der Waals surface area contributed by atoms with Gasteiger partial charge in [0, 0.05) is 0 Å². The summed E-state index contributed by atoms with van der Waals surface area (Å²) in [5.74, 6) is 0. The van der Waals surface area contributed by atoms with E-state index >= 15 is 0 Å². The van der Waals surface area contributed by atoms with Crippen molar-refractivity contribution in [3.63, 3.8) is 0 Å². The first-order valence-corrected chi connectivity index (χ1v) is 9.05. The second-order valence-corrected chi connectivity index (χ2v) is 10.8. The van der Waals surface area contributed by atoms with Crippen molar-refractivity contribution < 1.29 is 5.11 Å². The third-order valence-electron chi connectivity index (χ3n) is 2.90. The smallest absolute Gasteiger partial charge is 0.226 e. The van der Waals surface area contributed by atoms with Crippen LogP contribution in [0.1, 0.15) is 24.2 Å². The molecule has 10 heteroatoms. The lowest BCUT2D eigenvalue weighted by molar-refractivity contribution is 0.199. The first kappa shape index (κ1) is 21.8. The number of halogens is 9. The minimum atomic E-state index is -2.33. The lowest BCUT2D eigenvalue weighted by Gasteiger charge is -2.44. The van der Waals surface area contributed by atoms with Crippen LogP contribution >= 0.6 is 104 Å². The lowest BCUT2D eigenvalue weighted by Crippen LogP contribution is -2.54. The number of aliphatic hydroxyl groups is 1. The fourth-order valence-electron chi connectivity index (χ4n) is 1.53. The zero-order chi connectivity index (χ0) is 17.6. The highest BCUT2D eigenvalue weighted by molar-refractivity contribution is 6.80. The van der Waals surface area contributed by atoms with Crippen LogP contribution in [-0.4, -0.2) is 17.6 Å². The van der Waals surface area contributed by atoms with Gasteiger partial charge in [-0.15, -0.1) is 0 Å². The van der Waals surface area contributed by atoms with E-state index in [1.54, 1.807) is 19.1 Å². The Hall–Kier alpha value is 1.79. The van der Waals surface area contributed by atoms with E-state index in [9.17, 15) is 5.11 Å². The zero-order valence-corrected chi connectivity index (χ0v) is 17.5. The van der Waals surface area contributed by atoms with E-state index in [1.807, 2.05) is 0 Å². The summed E-state index contributed by atoms with van der Waals surface area (Å²) in [7, 11) is 0. The Bertz CT molecular complexity index is 516. The van der Waals surface area contributed by atoms with Crippen LogP contribution in [0.4, 0.5) is 0 Å². The maximum Gasteiger partial charge on any atom is 0.226 e. The Balaban J connectivity index is 3.32. The van der Waals surface area contributed by atoms with E-state index in [2.05, 4.69) is 0 Å². The van der Waals surface area contributed by atoms with Gasteiger partial charge in [0.1, 0.15) is 0 Å². The Morgan fingerprint density at radius 2 is 1.18 bits per heavy atom. The van der Waals surface area contributed by atoms with Gasteiger partial charge < -0.3 is 5.11 Å². The van der Waals surface area contributed by atoms with Crippen LogP contribution in [0.2, 0.25) is 0 Å². The maximum absolute atomic E-state index is 9.50. The van der Waals surface area contributed by atoms with Crippen molar-refractivity contribution in [1.82, 2.24) is 0 Å². The van der Waals surface area contributed by atoms with Crippen molar-refractivity contribution in [2.75, 3.05) is 0 Å². The van der Waals surface area contributed by atoms with Gasteiger partial charge in [0.15, 0.2) is 8.67 Å². The molecule has 0 spiro atoms. The monoisotopic (exact) mass is 484 g/mol. The molecule has 0 bridgehead atoms. The molecule has 0 aliphatic carbocycles. The third kappa shape index (κ3) is 3.96. The van der Waals surface area contributed by atoms with Crippen LogP contribution in [0.5, 0.6) is 0 Å². The summed E-state index contributed by atoms with van der Waals surface area (Å²) in [6, 6.07) is 6.18. The SMILES string of the molecule is CC(O)c1ccc(C(Cl)(Cl)C(Cl)(Cl)C(Cl)(Cl)C(Cl)(Cl)Cl)cc1. The second-order valence-electron chi connectivity index (χ2n) is 4.52. The fourth-order valence-corrected chi connectivity index (χ4v) is 3.76. The summed E-state index contributed by atoms with van der Waals surface area (Å²) in [5, 5.41) is 9.50. The van der Waals surface area contributed by atoms with Crippen LogP contribution in [0.25, 0.3) is 0 Å². The van der Waals surface area contributed by atoms with Crippen LogP contribution in [0.15, 0.2) is 24.3 Å². The van der Waals surface area contributed by atoms with Crippen molar-refractivity contribution >= 4 is 104 Å². The molecule has 0 saturated carbocycles. The minimum absolute atomic E-state index is 0.255. The van der Waals surface area contributed by atoms with Gasteiger partial charge in [-0.25, -0.2) is 0 Å². The number of hydrogen-bond acceptors (Lipinski definition) is 1. The molecule has 1 rings (SSSR count). The summed E-state index contributed by atoms with van der Waals surface area (Å²) in [6.07, 6.45) is -0.674. The number of alkyl halides is 9. The molecule has 1 nitrogen and oxygen atoms in total. The molecule has 0 heterocycles. The molecule has 1 unspecified atom stereocenters. The first-order valence-electron chi connectivity index (χ1n) is 5.65. The lowest BCUT2D eigenvalue weighted by atomic mass is 10.0. The molecule has 22 heavy (non-hydrogen) atoms. The molecule has 0 aliphatic heterocycles. The molecule has 0 saturated heterocycles. The van der Waals surface area contributed by atoms with Crippen LogP contribution in [0.3, 0.4) is 0 Å². The Morgan fingerprint density at radius 1 is 0.773 bits per heavy atom. The van der Waals surface area contributed by atoms with E-state index in [0.29, 0.717) is 5.56 Å². The zero-order valence-electron chi connectivity index (χ0n) is 10.7. The average Bonchev–Trinajstić information content (AvgIpc) is 2.37. The van der Waals surface area contributed by atoms with Crippen molar-refractivity contribution in [1.29, 1.82) is 0 Å². The van der Waals surface area contributed by atoms with E-state index < -0.39 is 22.9 Å². The summed E-state index contributed by atoms with van der Waals surface area (Å²) < 4.78 is -8.90. The van der Waals surface area contributed by atoms with Crippen LogP contribution < -0.4 is 0 Å². The van der Waals surface area contributed by atoms with Gasteiger partial charge in [-0.3, -0.25) is 0 Å². The van der Waals surface area contributed by atoms with Crippen molar-refractivity contribution in [2.45, 2.75) is 29.8 Å². The molecule has 0 radical (unpaired) electrons. The van der Waals surface area contributed by atoms with E-state index in [4.69, 9.17) is 104 Å². The summed E-state index contributed by atoms with van der Waals surface area (Å²) in [5.41, 5.74) is 0.886. The van der Waals surface area contributed by atoms with Gasteiger partial charge in [-0.1, -0.05) is 129 Å². The Labute approximate surface area is 173 Å². The number of benzene rings is 1. The number of aliphatic hydroxyl groups excluding tert-OH is 1. The van der Waals surface area contributed by atoms with E-state index in [0.717, 1.165) is 0 Å². The minimum Gasteiger partial charge on any atom is -0.389 e. The largest absolute Gasteiger partial charge is 0.389 e. The van der Waals surface area contributed by atoms with Gasteiger partial charge in [-0.05, 0) is 18.1 Å². The molecular weight excluding hydrogens is 479 g/mol. The summed E-state index contributed by atoms with van der Waals surface area (Å²) in [6.45, 7) is 1.60. The van der Waals surface area contributed by atoms with Crippen LogP contribution in [-0.2, 0) is 4.33 Å². The second kappa shape index (κ2) is 7.19. The predicted molar refractivity (Wildman–Crippen MR) is 99.6 cm³/mol. The van der Waals surface area contributed by atoms with Gasteiger partial charge in [0.2, 0.25) is 8.13 Å². The molecule has 0 aliphatic rings. The Morgan fingerprint density at radius 3 is 1.50 bits per heavy atom. The van der Waals surface area contributed by atoms with Crippen molar-refractivity contribution in [2.24, 2.45) is 0 Å². The summed E-state index contributed by atoms with van der Waals surface area (Å²) in [4.78, 5) is 0. The fraction of sp³-hybridized carbons (Fsp3) is 0.500. The predicted octanol–water partition coefficient (Wildman–Crippen LogP) is 7.09. The molecular formula is C12H9Cl9O.